The zero-order chi connectivity index (χ0) is 14.8. The Morgan fingerprint density at radius 2 is 1.55 bits per heavy atom. The summed E-state index contributed by atoms with van der Waals surface area (Å²) in [7, 11) is 0. The van der Waals surface area contributed by atoms with Crippen molar-refractivity contribution in [3.05, 3.63) is 63.7 Å². The molecule has 0 saturated heterocycles. The Bertz CT molecular complexity index is 1240. The summed E-state index contributed by atoms with van der Waals surface area (Å²) in [6, 6.07) is 21.3. The maximum absolute atomic E-state index is 9.39. The first-order valence-electron chi connectivity index (χ1n) is 7.05. The van der Waals surface area contributed by atoms with E-state index in [2.05, 4.69) is 75.5 Å². The van der Waals surface area contributed by atoms with E-state index < -0.39 is 0 Å². The molecule has 0 saturated carbocycles. The van der Waals surface area contributed by atoms with Gasteiger partial charge in [-0.3, -0.25) is 0 Å². The molecule has 22 heavy (non-hydrogen) atoms. The number of hydrogen-bond donors (Lipinski definition) is 0. The molecule has 102 valence electrons. The lowest BCUT2D eigenvalue weighted by molar-refractivity contribution is 1.37. The Hall–Kier alpha value is -2.32. The number of fused-ring (bicyclic) bond motifs is 6. The van der Waals surface area contributed by atoms with Gasteiger partial charge in [0.05, 0.1) is 28.2 Å². The third-order valence-electron chi connectivity index (χ3n) is 4.39. The first kappa shape index (κ1) is 12.2. The van der Waals surface area contributed by atoms with E-state index in [4.69, 9.17) is 0 Å². The van der Waals surface area contributed by atoms with Gasteiger partial charge in [-0.25, -0.2) is 0 Å². The first-order valence-corrected chi connectivity index (χ1v) is 8.13. The molecule has 0 radical (unpaired) electrons. The van der Waals surface area contributed by atoms with Crippen molar-refractivity contribution in [2.75, 3.05) is 0 Å². The summed E-state index contributed by atoms with van der Waals surface area (Å²) < 4.78 is 3.54. The standard InChI is InChI=1S/C19H9IN2/c20-12-5-6-18-14(9-12)16-8-11(10-21)7-15-13-3-1-2-4-17(13)22(18)19(15)16/h1-9H. The second kappa shape index (κ2) is 4.11. The molecule has 0 aliphatic carbocycles. The van der Waals surface area contributed by atoms with Crippen LogP contribution in [0.1, 0.15) is 5.56 Å². The number of rotatable bonds is 0. The maximum atomic E-state index is 9.39. The van der Waals surface area contributed by atoms with Gasteiger partial charge in [-0.2, -0.15) is 5.26 Å². The SMILES string of the molecule is N#Cc1cc2c3ccccc3n3c4ccc(I)cc4c(c1)c23. The van der Waals surface area contributed by atoms with Crippen LogP contribution in [0.2, 0.25) is 0 Å². The van der Waals surface area contributed by atoms with Gasteiger partial charge in [-0.15, -0.1) is 0 Å². The number of hydrogen-bond acceptors (Lipinski definition) is 1. The van der Waals surface area contributed by atoms with Gasteiger partial charge < -0.3 is 4.40 Å². The molecule has 0 unspecified atom stereocenters. The van der Waals surface area contributed by atoms with Crippen LogP contribution >= 0.6 is 22.6 Å². The van der Waals surface area contributed by atoms with Crippen LogP contribution in [0.4, 0.5) is 0 Å². The number of aromatic nitrogens is 1. The zero-order valence-corrected chi connectivity index (χ0v) is 13.6. The molecular formula is C19H9IN2. The Balaban J connectivity index is 2.24. The molecule has 0 fully saturated rings. The molecule has 0 atom stereocenters. The van der Waals surface area contributed by atoms with Gasteiger partial charge in [-0.05, 0) is 59.0 Å². The summed E-state index contributed by atoms with van der Waals surface area (Å²) in [5.74, 6) is 0. The number of benzene rings is 3. The monoisotopic (exact) mass is 392 g/mol. The quantitative estimate of drug-likeness (QED) is 0.328. The van der Waals surface area contributed by atoms with E-state index in [-0.39, 0.29) is 0 Å². The minimum absolute atomic E-state index is 0.720. The molecule has 0 aliphatic rings. The summed E-state index contributed by atoms with van der Waals surface area (Å²) in [5.41, 5.74) is 4.35. The Morgan fingerprint density at radius 3 is 2.36 bits per heavy atom. The van der Waals surface area contributed by atoms with E-state index in [1.54, 1.807) is 0 Å². The van der Waals surface area contributed by atoms with Crippen LogP contribution in [0.25, 0.3) is 38.1 Å². The van der Waals surface area contributed by atoms with E-state index in [0.29, 0.717) is 0 Å². The fourth-order valence-electron chi connectivity index (χ4n) is 3.54. The van der Waals surface area contributed by atoms with E-state index in [9.17, 15) is 5.26 Å². The second-order valence-corrected chi connectivity index (χ2v) is 6.79. The van der Waals surface area contributed by atoms with Crippen molar-refractivity contribution < 1.29 is 0 Å². The van der Waals surface area contributed by atoms with Crippen molar-refractivity contribution in [2.24, 2.45) is 0 Å². The van der Waals surface area contributed by atoms with Crippen molar-refractivity contribution in [1.82, 2.24) is 4.40 Å². The van der Waals surface area contributed by atoms with Gasteiger partial charge in [0.1, 0.15) is 0 Å². The van der Waals surface area contributed by atoms with Crippen molar-refractivity contribution in [3.63, 3.8) is 0 Å². The van der Waals surface area contributed by atoms with E-state index in [0.717, 1.165) is 10.9 Å². The van der Waals surface area contributed by atoms with E-state index in [1.165, 1.54) is 36.3 Å². The van der Waals surface area contributed by atoms with Crippen LogP contribution in [0.3, 0.4) is 0 Å². The topological polar surface area (TPSA) is 28.2 Å². The average Bonchev–Trinajstić information content (AvgIpc) is 3.05. The molecule has 3 aromatic carbocycles. The molecule has 0 amide bonds. The molecule has 2 nitrogen and oxygen atoms in total. The molecule has 5 rings (SSSR count). The molecule has 2 heterocycles. The van der Waals surface area contributed by atoms with Gasteiger partial charge in [-0.1, -0.05) is 18.2 Å². The lowest BCUT2D eigenvalue weighted by Gasteiger charge is -1.98. The predicted molar refractivity (Wildman–Crippen MR) is 98.5 cm³/mol. The fraction of sp³-hybridized carbons (Fsp3) is 0. The van der Waals surface area contributed by atoms with Gasteiger partial charge in [0, 0.05) is 25.1 Å². The predicted octanol–water partition coefficient (Wildman–Crippen LogP) is 5.31. The van der Waals surface area contributed by atoms with Crippen molar-refractivity contribution in [2.45, 2.75) is 0 Å². The summed E-state index contributed by atoms with van der Waals surface area (Å²) in [5, 5.41) is 14.1. The fourth-order valence-corrected chi connectivity index (χ4v) is 4.03. The number of nitriles is 1. The molecule has 5 aromatic rings. The molecule has 0 aliphatic heterocycles. The summed E-state index contributed by atoms with van der Waals surface area (Å²) in [6.07, 6.45) is 0. The Morgan fingerprint density at radius 1 is 0.818 bits per heavy atom. The number of nitrogens with zero attached hydrogens (tertiary/aromatic N) is 2. The number of halogens is 1. The van der Waals surface area contributed by atoms with E-state index >= 15 is 0 Å². The molecule has 2 aromatic heterocycles. The Labute approximate surface area is 140 Å². The van der Waals surface area contributed by atoms with E-state index in [1.807, 2.05) is 12.1 Å². The first-order chi connectivity index (χ1) is 10.8. The summed E-state index contributed by atoms with van der Waals surface area (Å²) in [4.78, 5) is 0. The highest BCUT2D eigenvalue weighted by Gasteiger charge is 2.17. The molecule has 0 spiro atoms. The van der Waals surface area contributed by atoms with Crippen molar-refractivity contribution in [3.8, 4) is 6.07 Å². The molecule has 0 bridgehead atoms. The maximum Gasteiger partial charge on any atom is 0.0992 e. The van der Waals surface area contributed by atoms with Gasteiger partial charge >= 0.3 is 0 Å². The highest BCUT2D eigenvalue weighted by atomic mass is 127. The van der Waals surface area contributed by atoms with Gasteiger partial charge in [0.25, 0.3) is 0 Å². The lowest BCUT2D eigenvalue weighted by atomic mass is 10.0. The minimum Gasteiger partial charge on any atom is -0.308 e. The summed E-state index contributed by atoms with van der Waals surface area (Å²) in [6.45, 7) is 0. The van der Waals surface area contributed by atoms with Crippen LogP contribution in [0, 0.1) is 14.9 Å². The second-order valence-electron chi connectivity index (χ2n) is 5.55. The van der Waals surface area contributed by atoms with Crippen LogP contribution < -0.4 is 0 Å². The van der Waals surface area contributed by atoms with Crippen molar-refractivity contribution in [1.29, 1.82) is 5.26 Å². The van der Waals surface area contributed by atoms with Crippen molar-refractivity contribution >= 4 is 60.7 Å². The summed E-state index contributed by atoms with van der Waals surface area (Å²) >= 11 is 2.34. The number of para-hydroxylation sites is 1. The smallest absolute Gasteiger partial charge is 0.0992 e. The molecule has 0 N–H and O–H groups in total. The lowest BCUT2D eigenvalue weighted by Crippen LogP contribution is -1.80. The molecular weight excluding hydrogens is 383 g/mol. The van der Waals surface area contributed by atoms with Crippen LogP contribution in [0.5, 0.6) is 0 Å². The zero-order valence-electron chi connectivity index (χ0n) is 11.5. The Kier molecular flexibility index (Phi) is 2.29. The highest BCUT2D eigenvalue weighted by Crippen LogP contribution is 2.39. The average molecular weight is 392 g/mol. The molecule has 3 heteroatoms. The third kappa shape index (κ3) is 1.38. The normalized spacial score (nSPS) is 11.8. The van der Waals surface area contributed by atoms with Crippen LogP contribution in [0.15, 0.2) is 54.6 Å². The van der Waals surface area contributed by atoms with Gasteiger partial charge in [0.2, 0.25) is 0 Å². The van der Waals surface area contributed by atoms with Crippen LogP contribution in [-0.2, 0) is 0 Å². The largest absolute Gasteiger partial charge is 0.308 e. The third-order valence-corrected chi connectivity index (χ3v) is 5.06. The van der Waals surface area contributed by atoms with Gasteiger partial charge in [0.15, 0.2) is 0 Å². The minimum atomic E-state index is 0.720. The van der Waals surface area contributed by atoms with Crippen LogP contribution in [-0.4, -0.2) is 4.40 Å². The highest BCUT2D eigenvalue weighted by molar-refractivity contribution is 14.1.